The highest BCUT2D eigenvalue weighted by atomic mass is 16.1. The van der Waals surface area contributed by atoms with Crippen molar-refractivity contribution in [1.82, 2.24) is 9.36 Å². The second-order valence-electron chi connectivity index (χ2n) is 4.30. The zero-order chi connectivity index (χ0) is 12.6. The third-order valence-corrected chi connectivity index (χ3v) is 2.97. The summed E-state index contributed by atoms with van der Waals surface area (Å²) in [4.78, 5) is 14.2. The monoisotopic (exact) mass is 233 g/mol. The van der Waals surface area contributed by atoms with Crippen LogP contribution < -0.4 is 10.5 Å². The predicted molar refractivity (Wildman–Crippen MR) is 70.1 cm³/mol. The predicted octanol–water partition coefficient (Wildman–Crippen LogP) is 1.55. The molecule has 0 fully saturated rings. The number of aromatic nitrogens is 2. The van der Waals surface area contributed by atoms with Crippen molar-refractivity contribution >= 4 is 5.69 Å². The van der Waals surface area contributed by atoms with Crippen LogP contribution in [0.5, 0.6) is 0 Å². The van der Waals surface area contributed by atoms with Crippen LogP contribution in [0.4, 0.5) is 5.69 Å². The summed E-state index contributed by atoms with van der Waals surface area (Å²) in [6.07, 6.45) is 0. The molecule has 0 amide bonds. The molecule has 0 unspecified atom stereocenters. The molecule has 0 aliphatic carbocycles. The first-order valence-electron chi connectivity index (χ1n) is 5.55. The molecule has 90 valence electrons. The molecular weight excluding hydrogens is 216 g/mol. The zero-order valence-corrected chi connectivity index (χ0v) is 10.6. The van der Waals surface area contributed by atoms with Crippen molar-refractivity contribution in [2.45, 2.75) is 6.92 Å². The fraction of sp³-hybridized carbons (Fsp3) is 0.308. The smallest absolute Gasteiger partial charge is 0.295 e. The van der Waals surface area contributed by atoms with Gasteiger partial charge in [0.25, 0.3) is 5.56 Å². The van der Waals surface area contributed by atoms with E-state index in [4.69, 9.17) is 0 Å². The number of hydrogen-bond acceptors (Lipinski definition) is 2. The minimum Gasteiger partial charge on any atom is -0.372 e. The van der Waals surface area contributed by atoms with E-state index in [-0.39, 0.29) is 5.56 Å². The first kappa shape index (κ1) is 11.5. The summed E-state index contributed by atoms with van der Waals surface area (Å²) in [5.74, 6) is 0. The first-order chi connectivity index (χ1) is 8.04. The normalized spacial score (nSPS) is 10.6. The van der Waals surface area contributed by atoms with E-state index in [1.165, 1.54) is 0 Å². The number of nitrogens with zero attached hydrogens (tertiary/aromatic N) is 3. The lowest BCUT2D eigenvalue weighted by Crippen LogP contribution is -2.23. The van der Waals surface area contributed by atoms with Gasteiger partial charge in [-0.3, -0.25) is 9.48 Å². The Hall–Kier alpha value is -1.97. The molecule has 1 aromatic heterocycles. The van der Waals surface area contributed by atoms with Crippen LogP contribution in [0.15, 0.2) is 35.1 Å². The SMILES string of the molecule is Cc1c(N([13CH3])[13CH3])c(=O)n(-c2ccccc2)n1C. The van der Waals surface area contributed by atoms with Crippen LogP contribution in [0.2, 0.25) is 0 Å². The maximum atomic E-state index is 12.4. The van der Waals surface area contributed by atoms with Crippen LogP contribution in [0.25, 0.3) is 5.69 Å². The number of benzene rings is 1. The van der Waals surface area contributed by atoms with E-state index in [1.54, 1.807) is 4.68 Å². The maximum Gasteiger partial charge on any atom is 0.295 e. The molecule has 0 aliphatic heterocycles. The largest absolute Gasteiger partial charge is 0.372 e. The molecule has 0 saturated carbocycles. The second-order valence-corrected chi connectivity index (χ2v) is 4.30. The minimum absolute atomic E-state index is 0.0150. The standard InChI is InChI=1S/C13H17N3O/c1-10-12(14(2)3)13(17)16(15(10)4)11-8-6-5-7-9-11/h5-9H,1-4H3/i2+1,3+1. The van der Waals surface area contributed by atoms with Crippen molar-refractivity contribution < 1.29 is 0 Å². The maximum absolute atomic E-state index is 12.4. The third kappa shape index (κ3) is 1.75. The Kier molecular flexibility index (Phi) is 2.79. The highest BCUT2D eigenvalue weighted by Crippen LogP contribution is 2.15. The Balaban J connectivity index is 2.73. The van der Waals surface area contributed by atoms with Gasteiger partial charge in [-0.15, -0.1) is 0 Å². The Bertz CT molecular complexity index is 579. The molecule has 1 aromatic carbocycles. The lowest BCUT2D eigenvalue weighted by Gasteiger charge is -2.09. The summed E-state index contributed by atoms with van der Waals surface area (Å²) in [5.41, 5.74) is 2.60. The molecule has 4 nitrogen and oxygen atoms in total. The van der Waals surface area contributed by atoms with Crippen molar-refractivity contribution in [2.24, 2.45) is 7.05 Å². The highest BCUT2D eigenvalue weighted by Gasteiger charge is 2.16. The molecule has 0 radical (unpaired) electrons. The Labute approximate surface area is 101 Å². The molecule has 2 aromatic rings. The molecule has 0 N–H and O–H groups in total. The number of hydrogen-bond donors (Lipinski definition) is 0. The van der Waals surface area contributed by atoms with Gasteiger partial charge in [-0.2, -0.15) is 0 Å². The lowest BCUT2D eigenvalue weighted by atomic mass is 10.3. The Morgan fingerprint density at radius 2 is 1.71 bits per heavy atom. The first-order valence-corrected chi connectivity index (χ1v) is 5.55. The number of anilines is 1. The molecule has 4 heteroatoms. The quantitative estimate of drug-likeness (QED) is 0.737. The molecule has 0 spiro atoms. The van der Waals surface area contributed by atoms with Gasteiger partial charge in [-0.25, -0.2) is 4.68 Å². The van der Waals surface area contributed by atoms with Crippen molar-refractivity contribution in [3.05, 3.63) is 46.4 Å². The van der Waals surface area contributed by atoms with Crippen LogP contribution in [-0.4, -0.2) is 23.5 Å². The summed E-state index contributed by atoms with van der Waals surface area (Å²) in [5, 5.41) is 0. The third-order valence-electron chi connectivity index (χ3n) is 2.97. The molecule has 17 heavy (non-hydrogen) atoms. The number of rotatable bonds is 2. The van der Waals surface area contributed by atoms with Gasteiger partial charge in [0, 0.05) is 21.1 Å². The van der Waals surface area contributed by atoms with Gasteiger partial charge >= 0.3 is 0 Å². The van der Waals surface area contributed by atoms with Crippen molar-refractivity contribution in [3.63, 3.8) is 0 Å². The van der Waals surface area contributed by atoms with Gasteiger partial charge < -0.3 is 4.90 Å². The van der Waals surface area contributed by atoms with Gasteiger partial charge in [0.2, 0.25) is 0 Å². The van der Waals surface area contributed by atoms with Crippen molar-refractivity contribution in [1.29, 1.82) is 0 Å². The Morgan fingerprint density at radius 3 is 2.18 bits per heavy atom. The molecule has 0 saturated heterocycles. The van der Waals surface area contributed by atoms with Crippen molar-refractivity contribution in [3.8, 4) is 5.69 Å². The molecule has 0 bridgehead atoms. The van der Waals surface area contributed by atoms with E-state index < -0.39 is 0 Å². The lowest BCUT2D eigenvalue weighted by molar-refractivity contribution is 0.630. The fourth-order valence-electron chi connectivity index (χ4n) is 2.07. The average molecular weight is 233 g/mol. The van der Waals surface area contributed by atoms with Gasteiger partial charge in [-0.05, 0) is 19.1 Å². The van der Waals surface area contributed by atoms with Crippen molar-refractivity contribution in [2.75, 3.05) is 19.0 Å². The van der Waals surface area contributed by atoms with Gasteiger partial charge in [-0.1, -0.05) is 18.2 Å². The zero-order valence-electron chi connectivity index (χ0n) is 10.6. The molecule has 0 atom stereocenters. The van der Waals surface area contributed by atoms with Gasteiger partial charge in [0.1, 0.15) is 5.69 Å². The molecular formula is C13H17N3O. The van der Waals surface area contributed by atoms with Crippen LogP contribution >= 0.6 is 0 Å². The molecule has 2 rings (SSSR count). The highest BCUT2D eigenvalue weighted by molar-refractivity contribution is 5.50. The van der Waals surface area contributed by atoms with E-state index >= 15 is 0 Å². The van der Waals surface area contributed by atoms with E-state index in [1.807, 2.05) is 68.0 Å². The summed E-state index contributed by atoms with van der Waals surface area (Å²) in [6, 6.07) is 9.66. The van der Waals surface area contributed by atoms with Gasteiger partial charge in [0.05, 0.1) is 11.4 Å². The summed E-state index contributed by atoms with van der Waals surface area (Å²) >= 11 is 0. The Morgan fingerprint density at radius 1 is 1.12 bits per heavy atom. The van der Waals surface area contributed by atoms with E-state index in [9.17, 15) is 4.79 Å². The average Bonchev–Trinajstić information content (AvgIpc) is 2.51. The number of para-hydroxylation sites is 1. The van der Waals surface area contributed by atoms with E-state index in [0.717, 1.165) is 17.1 Å². The van der Waals surface area contributed by atoms with Crippen LogP contribution in [0, 0.1) is 6.92 Å². The van der Waals surface area contributed by atoms with E-state index in [2.05, 4.69) is 0 Å². The van der Waals surface area contributed by atoms with Crippen LogP contribution in [-0.2, 0) is 7.05 Å². The van der Waals surface area contributed by atoms with Gasteiger partial charge in [0.15, 0.2) is 0 Å². The summed E-state index contributed by atoms with van der Waals surface area (Å²) in [6.45, 7) is 1.95. The van der Waals surface area contributed by atoms with Crippen LogP contribution in [0.1, 0.15) is 5.69 Å². The topological polar surface area (TPSA) is 30.2 Å². The summed E-state index contributed by atoms with van der Waals surface area (Å²) < 4.78 is 3.57. The second kappa shape index (κ2) is 4.13. The molecule has 0 aliphatic rings. The fourth-order valence-corrected chi connectivity index (χ4v) is 2.07. The van der Waals surface area contributed by atoms with E-state index in [0.29, 0.717) is 0 Å². The van der Waals surface area contributed by atoms with Crippen LogP contribution in [0.3, 0.4) is 0 Å². The molecule has 1 heterocycles. The minimum atomic E-state index is 0.0150. The summed E-state index contributed by atoms with van der Waals surface area (Å²) in [7, 11) is 5.68.